The van der Waals surface area contributed by atoms with Crippen molar-refractivity contribution in [1.82, 2.24) is 9.55 Å². The summed E-state index contributed by atoms with van der Waals surface area (Å²) in [6.45, 7) is 0. The van der Waals surface area contributed by atoms with E-state index in [1.54, 1.807) is 16.8 Å². The number of rotatable bonds is 4. The number of benzene rings is 2. The molecule has 4 rings (SSSR count). The lowest BCUT2D eigenvalue weighted by molar-refractivity contribution is 0.923. The van der Waals surface area contributed by atoms with Gasteiger partial charge in [0.15, 0.2) is 0 Å². The summed E-state index contributed by atoms with van der Waals surface area (Å²) in [5, 5.41) is 1.31. The van der Waals surface area contributed by atoms with Gasteiger partial charge < -0.3 is 0 Å². The summed E-state index contributed by atoms with van der Waals surface area (Å²) in [5.74, 6) is 0.559. The largest absolute Gasteiger partial charge is 0.269 e. The van der Waals surface area contributed by atoms with Gasteiger partial charge in [-0.25, -0.2) is 4.98 Å². The zero-order valence-electron chi connectivity index (χ0n) is 15.3. The van der Waals surface area contributed by atoms with Crippen LogP contribution in [0, 0.1) is 0 Å². The van der Waals surface area contributed by atoms with Gasteiger partial charge in [-0.1, -0.05) is 59.6 Å². The maximum absolute atomic E-state index is 12.8. The van der Waals surface area contributed by atoms with Gasteiger partial charge in [-0.3, -0.25) is 9.36 Å². The van der Waals surface area contributed by atoms with Crippen LogP contribution >= 0.6 is 23.2 Å². The van der Waals surface area contributed by atoms with Crippen LogP contribution in [0.25, 0.3) is 17.5 Å². The lowest BCUT2D eigenvalue weighted by Crippen LogP contribution is -2.21. The molecule has 0 saturated carbocycles. The first-order valence-electron chi connectivity index (χ1n) is 8.99. The van der Waals surface area contributed by atoms with Gasteiger partial charge in [-0.05, 0) is 59.7 Å². The molecule has 0 saturated heterocycles. The van der Waals surface area contributed by atoms with Gasteiger partial charge in [-0.15, -0.1) is 0 Å². The van der Waals surface area contributed by atoms with Crippen molar-refractivity contribution in [2.75, 3.05) is 0 Å². The van der Waals surface area contributed by atoms with Crippen LogP contribution in [0.5, 0.6) is 0 Å². The Labute approximate surface area is 178 Å². The molecule has 29 heavy (non-hydrogen) atoms. The third kappa shape index (κ3) is 4.32. The van der Waals surface area contributed by atoms with Gasteiger partial charge in [-0.2, -0.15) is 0 Å². The summed E-state index contributed by atoms with van der Waals surface area (Å²) in [7, 11) is 0. The van der Waals surface area contributed by atoms with Crippen LogP contribution in [0.3, 0.4) is 0 Å². The molecule has 0 aliphatic rings. The highest BCUT2D eigenvalue weighted by Gasteiger charge is 2.13. The molecule has 0 N–H and O–H groups in total. The average Bonchev–Trinajstić information content (AvgIpc) is 2.74. The van der Waals surface area contributed by atoms with E-state index in [2.05, 4.69) is 4.98 Å². The van der Waals surface area contributed by atoms with Crippen LogP contribution in [0.2, 0.25) is 10.0 Å². The van der Waals surface area contributed by atoms with Crippen molar-refractivity contribution in [3.05, 3.63) is 128 Å². The quantitative estimate of drug-likeness (QED) is 0.373. The number of nitrogens with zero attached hydrogens (tertiary/aromatic N) is 2. The maximum Gasteiger partial charge on any atom is 0.256 e. The molecule has 3 nitrogen and oxygen atoms in total. The Morgan fingerprint density at radius 3 is 2.14 bits per heavy atom. The first kappa shape index (κ1) is 19.2. The summed E-state index contributed by atoms with van der Waals surface area (Å²) in [4.78, 5) is 17.2. The molecule has 5 heteroatoms. The second-order valence-corrected chi connectivity index (χ2v) is 7.26. The second kappa shape index (κ2) is 8.48. The van der Waals surface area contributed by atoms with Crippen molar-refractivity contribution in [1.29, 1.82) is 0 Å². The fourth-order valence-corrected chi connectivity index (χ4v) is 3.33. The summed E-state index contributed by atoms with van der Waals surface area (Å²) < 4.78 is 1.61. The Morgan fingerprint density at radius 1 is 0.793 bits per heavy atom. The summed E-state index contributed by atoms with van der Waals surface area (Å²) in [6, 6.07) is 25.8. The highest BCUT2D eigenvalue weighted by Crippen LogP contribution is 2.28. The van der Waals surface area contributed by atoms with Crippen LogP contribution in [-0.4, -0.2) is 9.55 Å². The molecule has 0 unspecified atom stereocenters. The van der Waals surface area contributed by atoms with Crippen LogP contribution in [0.4, 0.5) is 0 Å². The van der Waals surface area contributed by atoms with Crippen molar-refractivity contribution in [3.63, 3.8) is 0 Å². The van der Waals surface area contributed by atoms with Crippen molar-refractivity contribution in [2.45, 2.75) is 0 Å². The van der Waals surface area contributed by atoms with E-state index in [4.69, 9.17) is 23.2 Å². The molecule has 0 bridgehead atoms. The van der Waals surface area contributed by atoms with Gasteiger partial charge in [0.1, 0.15) is 5.82 Å². The van der Waals surface area contributed by atoms with Crippen LogP contribution in [0.15, 0.2) is 95.9 Å². The zero-order chi connectivity index (χ0) is 20.2. The van der Waals surface area contributed by atoms with Crippen molar-refractivity contribution < 1.29 is 0 Å². The molecule has 0 amide bonds. The lowest BCUT2D eigenvalue weighted by atomic mass is 9.99. The van der Waals surface area contributed by atoms with Gasteiger partial charge in [0, 0.05) is 27.9 Å². The van der Waals surface area contributed by atoms with E-state index >= 15 is 0 Å². The molecular formula is C24H16Cl2N2O. The molecule has 0 aliphatic heterocycles. The van der Waals surface area contributed by atoms with E-state index in [1.165, 1.54) is 6.07 Å². The number of hydrogen-bond donors (Lipinski definition) is 0. The highest BCUT2D eigenvalue weighted by molar-refractivity contribution is 6.30. The fraction of sp³-hybridized carbons (Fsp3) is 0. The van der Waals surface area contributed by atoms with Crippen LogP contribution in [0.1, 0.15) is 16.8 Å². The molecule has 0 spiro atoms. The van der Waals surface area contributed by atoms with Crippen LogP contribution in [-0.2, 0) is 0 Å². The highest BCUT2D eigenvalue weighted by atomic mass is 35.5. The predicted octanol–water partition coefficient (Wildman–Crippen LogP) is 6.13. The average molecular weight is 419 g/mol. The normalized spacial score (nSPS) is 11.4. The molecule has 2 heterocycles. The van der Waals surface area contributed by atoms with E-state index in [-0.39, 0.29) is 5.56 Å². The number of hydrogen-bond acceptors (Lipinski definition) is 2. The third-order valence-corrected chi connectivity index (χ3v) is 4.95. The lowest BCUT2D eigenvalue weighted by Gasteiger charge is -2.16. The molecule has 0 radical (unpaired) electrons. The molecule has 142 valence electrons. The summed E-state index contributed by atoms with van der Waals surface area (Å²) in [6.07, 6.45) is 3.69. The Bertz CT molecular complexity index is 1210. The fourth-order valence-electron chi connectivity index (χ4n) is 3.08. The Balaban J connectivity index is 1.98. The topological polar surface area (TPSA) is 34.9 Å². The second-order valence-electron chi connectivity index (χ2n) is 6.39. The molecule has 0 aliphatic carbocycles. The predicted molar refractivity (Wildman–Crippen MR) is 120 cm³/mol. The first-order chi connectivity index (χ1) is 14.1. The molecule has 2 aromatic heterocycles. The van der Waals surface area contributed by atoms with E-state index < -0.39 is 0 Å². The summed E-state index contributed by atoms with van der Waals surface area (Å²) >= 11 is 12.1. The minimum Gasteiger partial charge on any atom is -0.269 e. The van der Waals surface area contributed by atoms with Crippen molar-refractivity contribution in [2.24, 2.45) is 0 Å². The Kier molecular flexibility index (Phi) is 5.61. The van der Waals surface area contributed by atoms with Gasteiger partial charge in [0.25, 0.3) is 5.56 Å². The van der Waals surface area contributed by atoms with E-state index in [0.717, 1.165) is 22.4 Å². The SMILES string of the molecule is O=c1cccc(/C(=C/c2ccc(Cl)cc2)c2ccc(Cl)cc2)n1-c1ccccn1. The van der Waals surface area contributed by atoms with Gasteiger partial charge in [0.05, 0.1) is 5.69 Å². The summed E-state index contributed by atoms with van der Waals surface area (Å²) in [5.41, 5.74) is 3.33. The molecule has 4 aromatic rings. The zero-order valence-corrected chi connectivity index (χ0v) is 16.8. The van der Waals surface area contributed by atoms with Crippen molar-refractivity contribution in [3.8, 4) is 5.82 Å². The molecule has 0 fully saturated rings. The number of pyridine rings is 2. The smallest absolute Gasteiger partial charge is 0.256 e. The first-order valence-corrected chi connectivity index (χ1v) is 9.74. The minimum absolute atomic E-state index is 0.155. The van der Waals surface area contributed by atoms with E-state index in [0.29, 0.717) is 15.9 Å². The Morgan fingerprint density at radius 2 is 1.48 bits per heavy atom. The standard InChI is InChI=1S/C24H16Cl2N2O/c25-19-11-7-17(8-12-19)16-21(18-9-13-20(26)14-10-18)22-4-3-6-24(29)28(22)23-5-1-2-15-27-23/h1-16H/b21-16+. The molecule has 2 aromatic carbocycles. The van der Waals surface area contributed by atoms with Gasteiger partial charge >= 0.3 is 0 Å². The van der Waals surface area contributed by atoms with E-state index in [1.807, 2.05) is 78.9 Å². The Hall–Kier alpha value is -3.14. The van der Waals surface area contributed by atoms with Crippen LogP contribution < -0.4 is 5.56 Å². The monoisotopic (exact) mass is 418 g/mol. The number of aromatic nitrogens is 2. The molecule has 0 atom stereocenters. The third-order valence-electron chi connectivity index (χ3n) is 4.44. The minimum atomic E-state index is -0.155. The van der Waals surface area contributed by atoms with Crippen molar-refractivity contribution >= 4 is 34.9 Å². The number of halogens is 2. The maximum atomic E-state index is 12.8. The van der Waals surface area contributed by atoms with Gasteiger partial charge in [0.2, 0.25) is 0 Å². The molecular weight excluding hydrogens is 403 g/mol. The van der Waals surface area contributed by atoms with E-state index in [9.17, 15) is 4.79 Å².